The molecule has 0 amide bonds. The average Bonchev–Trinajstić information content (AvgIpc) is 3.00. The smallest absolute Gasteiger partial charge is 0.275 e. The van der Waals surface area contributed by atoms with E-state index in [2.05, 4.69) is 10.1 Å². The maximum absolute atomic E-state index is 11.8. The van der Waals surface area contributed by atoms with Gasteiger partial charge in [-0.3, -0.25) is 4.79 Å². The SMILES string of the molecule is Cc1cc(=O)n2ncnc2n1C[C@@H](O)CCc1ccccc1. The largest absolute Gasteiger partial charge is 0.391 e. The molecule has 6 heteroatoms. The molecule has 22 heavy (non-hydrogen) atoms. The monoisotopic (exact) mass is 298 g/mol. The molecule has 6 nitrogen and oxygen atoms in total. The molecule has 2 aromatic heterocycles. The summed E-state index contributed by atoms with van der Waals surface area (Å²) >= 11 is 0. The Morgan fingerprint density at radius 2 is 2.05 bits per heavy atom. The Morgan fingerprint density at radius 3 is 2.82 bits per heavy atom. The van der Waals surface area contributed by atoms with Crippen LogP contribution in [0.2, 0.25) is 0 Å². The second-order valence-electron chi connectivity index (χ2n) is 5.38. The molecular formula is C16H18N4O2. The first-order valence-electron chi connectivity index (χ1n) is 7.27. The topological polar surface area (TPSA) is 72.4 Å². The van der Waals surface area contributed by atoms with Crippen molar-refractivity contribution in [3.05, 3.63) is 64.3 Å². The lowest BCUT2D eigenvalue weighted by Crippen LogP contribution is -2.25. The quantitative estimate of drug-likeness (QED) is 0.768. The summed E-state index contributed by atoms with van der Waals surface area (Å²) in [5.74, 6) is 0.462. The van der Waals surface area contributed by atoms with Crippen molar-refractivity contribution in [3.63, 3.8) is 0 Å². The van der Waals surface area contributed by atoms with Crippen molar-refractivity contribution in [3.8, 4) is 0 Å². The molecule has 114 valence electrons. The maximum atomic E-state index is 11.8. The number of hydrogen-bond donors (Lipinski definition) is 1. The summed E-state index contributed by atoms with van der Waals surface area (Å²) < 4.78 is 3.07. The molecule has 1 N–H and O–H groups in total. The van der Waals surface area contributed by atoms with Crippen molar-refractivity contribution in [1.82, 2.24) is 19.2 Å². The molecule has 0 aliphatic carbocycles. The van der Waals surface area contributed by atoms with Gasteiger partial charge in [-0.05, 0) is 25.3 Å². The van der Waals surface area contributed by atoms with Crippen LogP contribution >= 0.6 is 0 Å². The van der Waals surface area contributed by atoms with Crippen LogP contribution in [0, 0.1) is 6.92 Å². The minimum Gasteiger partial charge on any atom is -0.391 e. The molecule has 0 saturated carbocycles. The van der Waals surface area contributed by atoms with Crippen molar-refractivity contribution < 1.29 is 5.11 Å². The molecule has 1 atom stereocenters. The van der Waals surface area contributed by atoms with Crippen LogP contribution in [0.15, 0.2) is 47.5 Å². The van der Waals surface area contributed by atoms with Crippen LogP contribution in [-0.4, -0.2) is 30.4 Å². The van der Waals surface area contributed by atoms with Gasteiger partial charge >= 0.3 is 0 Å². The van der Waals surface area contributed by atoms with Gasteiger partial charge in [0.1, 0.15) is 6.33 Å². The second kappa shape index (κ2) is 6.11. The number of nitrogens with zero attached hydrogens (tertiary/aromatic N) is 4. The van der Waals surface area contributed by atoms with E-state index in [1.165, 1.54) is 22.5 Å². The number of aryl methyl sites for hydroxylation is 2. The highest BCUT2D eigenvalue weighted by molar-refractivity contribution is 5.29. The minimum absolute atomic E-state index is 0.208. The van der Waals surface area contributed by atoms with Gasteiger partial charge in [0.25, 0.3) is 5.56 Å². The van der Waals surface area contributed by atoms with E-state index in [0.29, 0.717) is 18.7 Å². The summed E-state index contributed by atoms with van der Waals surface area (Å²) in [4.78, 5) is 15.9. The van der Waals surface area contributed by atoms with Crippen LogP contribution in [0.1, 0.15) is 17.7 Å². The average molecular weight is 298 g/mol. The molecule has 2 heterocycles. The van der Waals surface area contributed by atoms with Gasteiger partial charge in [0.15, 0.2) is 0 Å². The van der Waals surface area contributed by atoms with Crippen LogP contribution in [0.4, 0.5) is 0 Å². The van der Waals surface area contributed by atoms with Crippen molar-refractivity contribution >= 4 is 5.78 Å². The Morgan fingerprint density at radius 1 is 1.27 bits per heavy atom. The van der Waals surface area contributed by atoms with Gasteiger partial charge in [-0.25, -0.2) is 0 Å². The molecule has 0 radical (unpaired) electrons. The van der Waals surface area contributed by atoms with Crippen LogP contribution in [0.5, 0.6) is 0 Å². The Bertz CT molecular complexity index is 823. The summed E-state index contributed by atoms with van der Waals surface area (Å²) in [6.07, 6.45) is 2.30. The molecule has 0 spiro atoms. The van der Waals surface area contributed by atoms with Gasteiger partial charge in [-0.1, -0.05) is 30.3 Å². The van der Waals surface area contributed by atoms with E-state index in [-0.39, 0.29) is 5.56 Å². The second-order valence-corrected chi connectivity index (χ2v) is 5.38. The molecule has 0 unspecified atom stereocenters. The zero-order chi connectivity index (χ0) is 15.5. The number of aliphatic hydroxyl groups excluding tert-OH is 1. The summed E-state index contributed by atoms with van der Waals surface area (Å²) in [6.45, 7) is 2.22. The summed E-state index contributed by atoms with van der Waals surface area (Å²) in [5, 5.41) is 14.2. The van der Waals surface area contributed by atoms with E-state index in [1.54, 1.807) is 0 Å². The third-order valence-electron chi connectivity index (χ3n) is 3.74. The molecular weight excluding hydrogens is 280 g/mol. The highest BCUT2D eigenvalue weighted by atomic mass is 16.3. The highest BCUT2D eigenvalue weighted by Crippen LogP contribution is 2.09. The first kappa shape index (κ1) is 14.5. The predicted octanol–water partition coefficient (Wildman–Crippen LogP) is 1.19. The Hall–Kier alpha value is -2.47. The first-order valence-corrected chi connectivity index (χ1v) is 7.27. The first-order chi connectivity index (χ1) is 10.6. The van der Waals surface area contributed by atoms with Gasteiger partial charge in [0.2, 0.25) is 5.78 Å². The van der Waals surface area contributed by atoms with E-state index < -0.39 is 6.10 Å². The van der Waals surface area contributed by atoms with Gasteiger partial charge < -0.3 is 9.67 Å². The summed E-state index contributed by atoms with van der Waals surface area (Å²) in [5.41, 5.74) is 1.76. The van der Waals surface area contributed by atoms with Gasteiger partial charge in [0.05, 0.1) is 12.6 Å². The third kappa shape index (κ3) is 2.92. The summed E-state index contributed by atoms with van der Waals surface area (Å²) in [6, 6.07) is 11.6. The molecule has 0 fully saturated rings. The van der Waals surface area contributed by atoms with Crippen LogP contribution in [0.3, 0.4) is 0 Å². The lowest BCUT2D eigenvalue weighted by molar-refractivity contribution is 0.144. The standard InChI is InChI=1S/C16H18N4O2/c1-12-9-15(22)20-16(17-11-18-20)19(12)10-14(21)8-7-13-5-3-2-4-6-13/h2-6,9,11,14,21H,7-8,10H2,1H3/t14-/m0/s1. The van der Waals surface area contributed by atoms with Crippen molar-refractivity contribution in [2.45, 2.75) is 32.4 Å². The van der Waals surface area contributed by atoms with Gasteiger partial charge in [0, 0.05) is 11.8 Å². The molecule has 3 aromatic rings. The minimum atomic E-state index is -0.512. The zero-order valence-corrected chi connectivity index (χ0v) is 12.4. The molecule has 1 aromatic carbocycles. The zero-order valence-electron chi connectivity index (χ0n) is 12.4. The van der Waals surface area contributed by atoms with Crippen molar-refractivity contribution in [1.29, 1.82) is 0 Å². The fourth-order valence-corrected chi connectivity index (χ4v) is 2.56. The number of benzene rings is 1. The van der Waals surface area contributed by atoms with Gasteiger partial charge in [-0.2, -0.15) is 14.6 Å². The van der Waals surface area contributed by atoms with E-state index in [0.717, 1.165) is 12.1 Å². The molecule has 0 bridgehead atoms. The third-order valence-corrected chi connectivity index (χ3v) is 3.74. The van der Waals surface area contributed by atoms with E-state index in [4.69, 9.17) is 0 Å². The number of aromatic nitrogens is 4. The highest BCUT2D eigenvalue weighted by Gasteiger charge is 2.12. The number of aliphatic hydroxyl groups is 1. The van der Waals surface area contributed by atoms with Crippen molar-refractivity contribution in [2.24, 2.45) is 0 Å². The fraction of sp³-hybridized carbons (Fsp3) is 0.312. The lowest BCUT2D eigenvalue weighted by Gasteiger charge is -2.16. The fourth-order valence-electron chi connectivity index (χ4n) is 2.56. The van der Waals surface area contributed by atoms with E-state index >= 15 is 0 Å². The van der Waals surface area contributed by atoms with Crippen molar-refractivity contribution in [2.75, 3.05) is 0 Å². The summed E-state index contributed by atoms with van der Waals surface area (Å²) in [7, 11) is 0. The lowest BCUT2D eigenvalue weighted by atomic mass is 10.1. The van der Waals surface area contributed by atoms with Crippen LogP contribution < -0.4 is 5.56 Å². The number of rotatable bonds is 5. The predicted molar refractivity (Wildman–Crippen MR) is 82.8 cm³/mol. The Balaban J connectivity index is 1.75. The van der Waals surface area contributed by atoms with E-state index in [9.17, 15) is 9.90 Å². The maximum Gasteiger partial charge on any atom is 0.275 e. The van der Waals surface area contributed by atoms with E-state index in [1.807, 2.05) is 41.8 Å². The number of hydrogen-bond acceptors (Lipinski definition) is 4. The molecule has 3 rings (SSSR count). The van der Waals surface area contributed by atoms with Gasteiger partial charge in [-0.15, -0.1) is 0 Å². The van der Waals surface area contributed by atoms with Crippen LogP contribution in [0.25, 0.3) is 5.78 Å². The normalized spacial score (nSPS) is 12.6. The molecule has 0 saturated heterocycles. The Labute approximate surface area is 127 Å². The molecule has 0 aliphatic rings. The number of fused-ring (bicyclic) bond motifs is 1. The molecule has 0 aliphatic heterocycles. The Kier molecular flexibility index (Phi) is 4.02. The van der Waals surface area contributed by atoms with Crippen LogP contribution in [-0.2, 0) is 13.0 Å².